The standard InChI is InChI=1S/C11H17N3O/c1-8(11(15)14-9-4-5-9)13-7-10-3-2-6-12-10/h2-3,6,8-9,12-13H,4-5,7H2,1H3,(H,14,15). The van der Waals surface area contributed by atoms with Gasteiger partial charge in [-0.05, 0) is 31.9 Å². The molecule has 4 nitrogen and oxygen atoms in total. The molecule has 1 aliphatic rings. The minimum atomic E-state index is -0.131. The lowest BCUT2D eigenvalue weighted by molar-refractivity contribution is -0.122. The molecule has 0 saturated heterocycles. The number of hydrogen-bond donors (Lipinski definition) is 3. The number of rotatable bonds is 5. The maximum absolute atomic E-state index is 11.6. The van der Waals surface area contributed by atoms with Gasteiger partial charge >= 0.3 is 0 Å². The Morgan fingerprint density at radius 1 is 1.67 bits per heavy atom. The molecule has 82 valence electrons. The third kappa shape index (κ3) is 3.09. The fourth-order valence-corrected chi connectivity index (χ4v) is 1.39. The number of aromatic amines is 1. The Bertz CT molecular complexity index is 317. The van der Waals surface area contributed by atoms with E-state index in [4.69, 9.17) is 0 Å². The van der Waals surface area contributed by atoms with Crippen LogP contribution in [0.3, 0.4) is 0 Å². The van der Waals surface area contributed by atoms with Crippen LogP contribution in [0.15, 0.2) is 18.3 Å². The van der Waals surface area contributed by atoms with Gasteiger partial charge in [0.2, 0.25) is 5.91 Å². The van der Waals surface area contributed by atoms with Crippen LogP contribution < -0.4 is 10.6 Å². The summed E-state index contributed by atoms with van der Waals surface area (Å²) in [7, 11) is 0. The van der Waals surface area contributed by atoms with Crippen molar-refractivity contribution < 1.29 is 4.79 Å². The second-order valence-electron chi connectivity index (χ2n) is 4.08. The van der Waals surface area contributed by atoms with Crippen molar-refractivity contribution in [2.45, 2.75) is 38.4 Å². The van der Waals surface area contributed by atoms with Gasteiger partial charge in [0.25, 0.3) is 0 Å². The Hall–Kier alpha value is -1.29. The van der Waals surface area contributed by atoms with E-state index in [0.717, 1.165) is 18.5 Å². The van der Waals surface area contributed by atoms with E-state index in [2.05, 4.69) is 15.6 Å². The highest BCUT2D eigenvalue weighted by atomic mass is 16.2. The van der Waals surface area contributed by atoms with Crippen molar-refractivity contribution in [1.82, 2.24) is 15.6 Å². The van der Waals surface area contributed by atoms with Crippen LogP contribution in [0.1, 0.15) is 25.5 Å². The molecule has 15 heavy (non-hydrogen) atoms. The lowest BCUT2D eigenvalue weighted by Crippen LogP contribution is -2.42. The van der Waals surface area contributed by atoms with E-state index < -0.39 is 0 Å². The Balaban J connectivity index is 1.71. The highest BCUT2D eigenvalue weighted by molar-refractivity contribution is 5.81. The summed E-state index contributed by atoms with van der Waals surface area (Å²) in [5, 5.41) is 6.15. The van der Waals surface area contributed by atoms with Gasteiger partial charge in [0.15, 0.2) is 0 Å². The van der Waals surface area contributed by atoms with Crippen LogP contribution in [0, 0.1) is 0 Å². The number of amides is 1. The van der Waals surface area contributed by atoms with Gasteiger partial charge in [-0.2, -0.15) is 0 Å². The van der Waals surface area contributed by atoms with Crippen molar-refractivity contribution in [3.63, 3.8) is 0 Å². The zero-order chi connectivity index (χ0) is 10.7. The van der Waals surface area contributed by atoms with Crippen LogP contribution in [0.5, 0.6) is 0 Å². The minimum absolute atomic E-state index is 0.101. The summed E-state index contributed by atoms with van der Waals surface area (Å²) in [4.78, 5) is 14.7. The summed E-state index contributed by atoms with van der Waals surface area (Å²) < 4.78 is 0. The minimum Gasteiger partial charge on any atom is -0.364 e. The van der Waals surface area contributed by atoms with E-state index in [1.54, 1.807) is 0 Å². The number of H-pyrrole nitrogens is 1. The molecule has 1 aromatic rings. The van der Waals surface area contributed by atoms with Gasteiger partial charge in [-0.1, -0.05) is 0 Å². The Kier molecular flexibility index (Phi) is 3.06. The van der Waals surface area contributed by atoms with Crippen molar-refractivity contribution in [3.05, 3.63) is 24.0 Å². The smallest absolute Gasteiger partial charge is 0.237 e. The van der Waals surface area contributed by atoms with Crippen LogP contribution in [0.4, 0.5) is 0 Å². The van der Waals surface area contributed by atoms with Gasteiger partial charge in [-0.3, -0.25) is 4.79 Å². The predicted molar refractivity (Wildman–Crippen MR) is 58.3 cm³/mol. The first kappa shape index (κ1) is 10.2. The molecule has 3 N–H and O–H groups in total. The third-order valence-corrected chi connectivity index (χ3v) is 2.58. The molecule has 1 aromatic heterocycles. The maximum Gasteiger partial charge on any atom is 0.237 e. The van der Waals surface area contributed by atoms with Gasteiger partial charge in [-0.15, -0.1) is 0 Å². The molecular formula is C11H17N3O. The van der Waals surface area contributed by atoms with Crippen molar-refractivity contribution in [2.24, 2.45) is 0 Å². The van der Waals surface area contributed by atoms with Gasteiger partial charge in [0, 0.05) is 24.5 Å². The van der Waals surface area contributed by atoms with E-state index >= 15 is 0 Å². The average molecular weight is 207 g/mol. The monoisotopic (exact) mass is 207 g/mol. The maximum atomic E-state index is 11.6. The first-order chi connectivity index (χ1) is 7.25. The zero-order valence-corrected chi connectivity index (χ0v) is 8.92. The Labute approximate surface area is 89.5 Å². The Morgan fingerprint density at radius 2 is 2.47 bits per heavy atom. The molecule has 0 spiro atoms. The van der Waals surface area contributed by atoms with Crippen LogP contribution >= 0.6 is 0 Å². The summed E-state index contributed by atoms with van der Waals surface area (Å²) >= 11 is 0. The molecule has 0 aromatic carbocycles. The number of carbonyl (C=O) groups is 1. The molecule has 1 fully saturated rings. The van der Waals surface area contributed by atoms with Gasteiger partial charge < -0.3 is 15.6 Å². The molecule has 1 atom stereocenters. The van der Waals surface area contributed by atoms with Crippen LogP contribution in [-0.2, 0) is 11.3 Å². The molecule has 0 bridgehead atoms. The quantitative estimate of drug-likeness (QED) is 0.668. The van der Waals surface area contributed by atoms with E-state index in [9.17, 15) is 4.79 Å². The number of carbonyl (C=O) groups excluding carboxylic acids is 1. The summed E-state index contributed by atoms with van der Waals surface area (Å²) in [6, 6.07) is 4.26. The van der Waals surface area contributed by atoms with Crippen LogP contribution in [0.2, 0.25) is 0 Å². The summed E-state index contributed by atoms with van der Waals surface area (Å²) in [5.41, 5.74) is 1.10. The molecular weight excluding hydrogens is 190 g/mol. The fourth-order valence-electron chi connectivity index (χ4n) is 1.39. The SMILES string of the molecule is CC(NCc1ccc[nH]1)C(=O)NC1CC1. The van der Waals surface area contributed by atoms with E-state index in [-0.39, 0.29) is 11.9 Å². The second-order valence-corrected chi connectivity index (χ2v) is 4.08. The number of nitrogens with one attached hydrogen (secondary N) is 3. The largest absolute Gasteiger partial charge is 0.364 e. The van der Waals surface area contributed by atoms with Crippen molar-refractivity contribution >= 4 is 5.91 Å². The molecule has 0 aliphatic heterocycles. The number of hydrogen-bond acceptors (Lipinski definition) is 2. The molecule has 1 amide bonds. The van der Waals surface area contributed by atoms with Gasteiger partial charge in [0.05, 0.1) is 6.04 Å². The first-order valence-corrected chi connectivity index (χ1v) is 5.42. The average Bonchev–Trinajstić information content (AvgIpc) is 2.88. The van der Waals surface area contributed by atoms with Crippen LogP contribution in [0.25, 0.3) is 0 Å². The van der Waals surface area contributed by atoms with Crippen molar-refractivity contribution in [3.8, 4) is 0 Å². The molecule has 1 unspecified atom stereocenters. The highest BCUT2D eigenvalue weighted by Gasteiger charge is 2.25. The summed E-state index contributed by atoms with van der Waals surface area (Å²) in [5.74, 6) is 0.101. The predicted octanol–water partition coefficient (Wildman–Crippen LogP) is 0.771. The second kappa shape index (κ2) is 4.49. The molecule has 1 saturated carbocycles. The molecule has 0 radical (unpaired) electrons. The Morgan fingerprint density at radius 3 is 3.07 bits per heavy atom. The van der Waals surface area contributed by atoms with E-state index in [1.165, 1.54) is 0 Å². The normalized spacial score (nSPS) is 17.4. The molecule has 1 aliphatic carbocycles. The lowest BCUT2D eigenvalue weighted by Gasteiger charge is -2.12. The lowest BCUT2D eigenvalue weighted by atomic mass is 10.3. The number of aromatic nitrogens is 1. The molecule has 4 heteroatoms. The summed E-state index contributed by atoms with van der Waals surface area (Å²) in [6.45, 7) is 2.59. The summed E-state index contributed by atoms with van der Waals surface area (Å²) in [6.07, 6.45) is 4.15. The molecule has 1 heterocycles. The van der Waals surface area contributed by atoms with Gasteiger partial charge in [0.1, 0.15) is 0 Å². The van der Waals surface area contributed by atoms with Gasteiger partial charge in [-0.25, -0.2) is 0 Å². The zero-order valence-electron chi connectivity index (χ0n) is 8.92. The van der Waals surface area contributed by atoms with Crippen LogP contribution in [-0.4, -0.2) is 23.0 Å². The fraction of sp³-hybridized carbons (Fsp3) is 0.545. The van der Waals surface area contributed by atoms with Crippen molar-refractivity contribution in [2.75, 3.05) is 0 Å². The topological polar surface area (TPSA) is 56.9 Å². The van der Waals surface area contributed by atoms with E-state index in [1.807, 2.05) is 25.3 Å². The van der Waals surface area contributed by atoms with E-state index in [0.29, 0.717) is 12.6 Å². The third-order valence-electron chi connectivity index (χ3n) is 2.58. The van der Waals surface area contributed by atoms with Crippen molar-refractivity contribution in [1.29, 1.82) is 0 Å². The first-order valence-electron chi connectivity index (χ1n) is 5.42. The molecule has 2 rings (SSSR count). The highest BCUT2D eigenvalue weighted by Crippen LogP contribution is 2.18.